The quantitative estimate of drug-likeness (QED) is 0.628. The molecule has 1 saturated carbocycles. The third-order valence-electron chi connectivity index (χ3n) is 3.25. The summed E-state index contributed by atoms with van der Waals surface area (Å²) in [6.45, 7) is 1.47. The maximum atomic E-state index is 13.0. The molecule has 1 heterocycles. The zero-order valence-electron chi connectivity index (χ0n) is 10.5. The Balaban J connectivity index is 2.35. The van der Waals surface area contributed by atoms with Crippen LogP contribution in [0.3, 0.4) is 0 Å². The van der Waals surface area contributed by atoms with Crippen LogP contribution in [0.1, 0.15) is 19.8 Å². The molecule has 0 aromatic rings. The Morgan fingerprint density at radius 3 is 2.58 bits per heavy atom. The third-order valence-corrected chi connectivity index (χ3v) is 5.02. The van der Waals surface area contributed by atoms with E-state index in [1.165, 1.54) is 13.1 Å². The van der Waals surface area contributed by atoms with Gasteiger partial charge in [0, 0.05) is 25.9 Å². The van der Waals surface area contributed by atoms with Crippen LogP contribution in [0.15, 0.2) is 16.9 Å². The first kappa shape index (κ1) is 14.0. The smallest absolute Gasteiger partial charge is 0.327 e. The van der Waals surface area contributed by atoms with Gasteiger partial charge in [-0.2, -0.15) is 8.42 Å². The van der Waals surface area contributed by atoms with Crippen molar-refractivity contribution in [1.29, 1.82) is 0 Å². The Morgan fingerprint density at radius 1 is 1.58 bits per heavy atom. The molecule has 2 fully saturated rings. The van der Waals surface area contributed by atoms with Gasteiger partial charge in [0.2, 0.25) is 5.84 Å². The van der Waals surface area contributed by atoms with E-state index in [4.69, 9.17) is 5.21 Å². The van der Waals surface area contributed by atoms with Crippen LogP contribution < -0.4 is 0 Å². The van der Waals surface area contributed by atoms with Gasteiger partial charge >= 0.3 is 10.2 Å². The zero-order valence-corrected chi connectivity index (χ0v) is 11.4. The molecular weight excluding hydrogens is 280 g/mol. The average Bonchev–Trinajstić information content (AvgIpc) is 2.87. The summed E-state index contributed by atoms with van der Waals surface area (Å²) in [6.07, 6.45) is 1.72. The number of nitrogens with zero attached hydrogens (tertiary/aromatic N) is 3. The summed E-state index contributed by atoms with van der Waals surface area (Å²) >= 11 is 0. The lowest BCUT2D eigenvalue weighted by Crippen LogP contribution is -2.33. The van der Waals surface area contributed by atoms with Gasteiger partial charge in [-0.05, 0) is 6.42 Å². The minimum absolute atomic E-state index is 0.147. The molecule has 6 nitrogen and oxygen atoms in total. The molecule has 1 aliphatic carbocycles. The van der Waals surface area contributed by atoms with E-state index in [1.807, 2.05) is 0 Å². The topological polar surface area (TPSA) is 73.2 Å². The monoisotopic (exact) mass is 295 g/mol. The number of hydrogen-bond acceptors (Lipinski definition) is 4. The van der Waals surface area contributed by atoms with Crippen molar-refractivity contribution in [3.8, 4) is 0 Å². The normalized spacial score (nSPS) is 32.3. The highest BCUT2D eigenvalue weighted by atomic mass is 32.2. The number of hydrogen-bond donors (Lipinski definition) is 1. The van der Waals surface area contributed by atoms with E-state index in [0.717, 1.165) is 8.61 Å². The molecule has 2 aliphatic rings. The van der Waals surface area contributed by atoms with Gasteiger partial charge in [-0.25, -0.2) is 17.4 Å². The molecule has 0 spiro atoms. The average molecular weight is 295 g/mol. The Kier molecular flexibility index (Phi) is 3.20. The van der Waals surface area contributed by atoms with Gasteiger partial charge in [-0.15, -0.1) is 0 Å². The summed E-state index contributed by atoms with van der Waals surface area (Å²) in [4.78, 5) is 0. The second-order valence-electron chi connectivity index (χ2n) is 4.59. The van der Waals surface area contributed by atoms with Crippen molar-refractivity contribution >= 4 is 16.0 Å². The van der Waals surface area contributed by atoms with Crippen LogP contribution in [0.4, 0.5) is 8.78 Å². The van der Waals surface area contributed by atoms with Crippen molar-refractivity contribution in [2.45, 2.75) is 25.7 Å². The van der Waals surface area contributed by atoms with Gasteiger partial charge in [0.1, 0.15) is 0 Å². The third kappa shape index (κ3) is 2.15. The maximum Gasteiger partial charge on any atom is 0.327 e. The molecule has 9 heteroatoms. The summed E-state index contributed by atoms with van der Waals surface area (Å²) in [5.41, 5.74) is 0.148. The predicted molar refractivity (Wildman–Crippen MR) is 64.0 cm³/mol. The highest BCUT2D eigenvalue weighted by molar-refractivity contribution is 7.88. The van der Waals surface area contributed by atoms with E-state index < -0.39 is 22.0 Å². The van der Waals surface area contributed by atoms with Crippen molar-refractivity contribution in [3.63, 3.8) is 0 Å². The fourth-order valence-corrected chi connectivity index (χ4v) is 3.43. The van der Waals surface area contributed by atoms with E-state index in [-0.39, 0.29) is 24.5 Å². The number of amidine groups is 1. The van der Waals surface area contributed by atoms with E-state index in [0.29, 0.717) is 6.42 Å². The summed E-state index contributed by atoms with van der Waals surface area (Å²) in [6, 6.07) is 0. The van der Waals surface area contributed by atoms with Crippen LogP contribution in [0.5, 0.6) is 0 Å². The predicted octanol–water partition coefficient (Wildman–Crippen LogP) is 1.22. The number of allylic oxidation sites excluding steroid dienone is 1. The van der Waals surface area contributed by atoms with E-state index in [9.17, 15) is 17.2 Å². The first-order valence-corrected chi connectivity index (χ1v) is 7.22. The first-order chi connectivity index (χ1) is 8.75. The number of likely N-dealkylation sites (N-methyl/N-ethyl adjacent to an activating group) is 1. The summed E-state index contributed by atoms with van der Waals surface area (Å²) in [7, 11) is -2.71. The Hall–Kier alpha value is -1.38. The van der Waals surface area contributed by atoms with Gasteiger partial charge in [0.05, 0.1) is 5.70 Å². The highest BCUT2D eigenvalue weighted by Crippen LogP contribution is 2.50. The lowest BCUT2D eigenvalue weighted by atomic mass is 10.3. The van der Waals surface area contributed by atoms with Crippen molar-refractivity contribution in [3.05, 3.63) is 11.8 Å². The van der Waals surface area contributed by atoms with E-state index in [2.05, 4.69) is 5.16 Å². The van der Waals surface area contributed by atoms with Gasteiger partial charge in [0.25, 0.3) is 5.92 Å². The number of alkyl halides is 2. The van der Waals surface area contributed by atoms with Gasteiger partial charge in [-0.3, -0.25) is 0 Å². The Morgan fingerprint density at radius 2 is 2.16 bits per heavy atom. The Labute approximate surface area is 110 Å². The number of halogens is 2. The van der Waals surface area contributed by atoms with Gasteiger partial charge in [0.15, 0.2) is 0 Å². The van der Waals surface area contributed by atoms with E-state index >= 15 is 0 Å². The largest absolute Gasteiger partial charge is 0.409 e. The molecular formula is C10H15F2N3O3S. The van der Waals surface area contributed by atoms with Crippen LogP contribution in [0, 0.1) is 5.92 Å². The van der Waals surface area contributed by atoms with Crippen LogP contribution in [0.25, 0.3) is 0 Å². The lowest BCUT2D eigenvalue weighted by molar-refractivity contribution is 0.0961. The van der Waals surface area contributed by atoms with Crippen molar-refractivity contribution in [2.75, 3.05) is 13.6 Å². The van der Waals surface area contributed by atoms with Crippen molar-refractivity contribution in [1.82, 2.24) is 8.61 Å². The van der Waals surface area contributed by atoms with Crippen LogP contribution in [0.2, 0.25) is 0 Å². The van der Waals surface area contributed by atoms with Gasteiger partial charge < -0.3 is 5.21 Å². The molecule has 1 atom stereocenters. The van der Waals surface area contributed by atoms with Crippen LogP contribution in [-0.2, 0) is 10.2 Å². The number of oxime groups is 1. The summed E-state index contributed by atoms with van der Waals surface area (Å²) < 4.78 is 51.8. The molecule has 0 bridgehead atoms. The minimum atomic E-state index is -3.93. The zero-order chi connectivity index (χ0) is 14.4. The molecule has 108 valence electrons. The number of rotatable bonds is 3. The standard InChI is InChI=1S/C10H15F2N3O3S/c1-3-4-8-9(13-16)14(2)19(17,18)15(8)6-7-5-10(7,11)12/h4,7,16H,3,5-6H2,1-2H3/b8-4+,13-9+. The molecule has 1 unspecified atom stereocenters. The highest BCUT2D eigenvalue weighted by Gasteiger charge is 2.59. The van der Waals surface area contributed by atoms with E-state index in [1.54, 1.807) is 6.92 Å². The Bertz CT molecular complexity index is 544. The molecule has 1 aliphatic heterocycles. The second-order valence-corrected chi connectivity index (χ2v) is 6.47. The lowest BCUT2D eigenvalue weighted by Gasteiger charge is -2.17. The molecule has 0 radical (unpaired) electrons. The molecule has 0 amide bonds. The minimum Gasteiger partial charge on any atom is -0.409 e. The summed E-state index contributed by atoms with van der Waals surface area (Å²) in [5.74, 6) is -3.93. The molecule has 1 N–H and O–H groups in total. The molecule has 0 aromatic heterocycles. The first-order valence-electron chi connectivity index (χ1n) is 5.82. The molecule has 1 saturated heterocycles. The SMILES string of the molecule is CC/C=C1\C(=N/O)N(C)S(=O)(=O)N1CC1CC1(F)F. The molecule has 19 heavy (non-hydrogen) atoms. The fourth-order valence-electron chi connectivity index (χ4n) is 2.02. The summed E-state index contributed by atoms with van der Waals surface area (Å²) in [5, 5.41) is 11.8. The van der Waals surface area contributed by atoms with Gasteiger partial charge in [-0.1, -0.05) is 18.2 Å². The maximum absolute atomic E-state index is 13.0. The van der Waals surface area contributed by atoms with Crippen LogP contribution in [-0.4, -0.2) is 47.6 Å². The van der Waals surface area contributed by atoms with Crippen molar-refractivity contribution < 1.29 is 22.4 Å². The van der Waals surface area contributed by atoms with Crippen molar-refractivity contribution in [2.24, 2.45) is 11.1 Å². The molecule has 0 aromatic carbocycles. The molecule has 2 rings (SSSR count). The second kappa shape index (κ2) is 4.32. The van der Waals surface area contributed by atoms with Crippen LogP contribution >= 0.6 is 0 Å². The fraction of sp³-hybridized carbons (Fsp3) is 0.700.